The number of nitrogens with zero attached hydrogens (tertiary/aromatic N) is 5. The standard InChI is InChI=1S/C16H19IN6/c17-11-3-6-15(19-8-11)23(13-5-4-12(18)7-13)16-20-9-14(21-22-16)10-1-2-10/h3,6,8-10,12-13H,1-2,4-5,7,18H2/t12-,13-/m0/s1. The van der Waals surface area contributed by atoms with Gasteiger partial charge < -0.3 is 5.73 Å². The summed E-state index contributed by atoms with van der Waals surface area (Å²) in [6.45, 7) is 0. The minimum Gasteiger partial charge on any atom is -0.328 e. The van der Waals surface area contributed by atoms with E-state index < -0.39 is 0 Å². The van der Waals surface area contributed by atoms with Crippen LogP contribution in [-0.2, 0) is 0 Å². The Labute approximate surface area is 149 Å². The normalized spacial score (nSPS) is 23.9. The molecular formula is C16H19IN6. The molecule has 2 atom stereocenters. The summed E-state index contributed by atoms with van der Waals surface area (Å²) in [5, 5.41) is 8.77. The van der Waals surface area contributed by atoms with Gasteiger partial charge in [0.2, 0.25) is 0 Å². The maximum absolute atomic E-state index is 6.11. The SMILES string of the molecule is N[C@H]1CC[C@H](N(c2ccc(I)cn2)c2ncc(C3CC3)nn2)C1. The van der Waals surface area contributed by atoms with Crippen molar-refractivity contribution in [1.82, 2.24) is 20.2 Å². The average molecular weight is 422 g/mol. The maximum Gasteiger partial charge on any atom is 0.251 e. The second kappa shape index (κ2) is 6.27. The van der Waals surface area contributed by atoms with E-state index in [-0.39, 0.29) is 12.1 Å². The van der Waals surface area contributed by atoms with Gasteiger partial charge in [0.25, 0.3) is 5.95 Å². The van der Waals surface area contributed by atoms with Gasteiger partial charge in [-0.25, -0.2) is 9.97 Å². The number of pyridine rings is 1. The molecule has 0 bridgehead atoms. The molecule has 2 fully saturated rings. The fraction of sp³-hybridized carbons (Fsp3) is 0.500. The first-order valence-corrected chi connectivity index (χ1v) is 9.14. The van der Waals surface area contributed by atoms with E-state index in [1.54, 1.807) is 0 Å². The quantitative estimate of drug-likeness (QED) is 0.764. The number of anilines is 2. The van der Waals surface area contributed by atoms with E-state index >= 15 is 0 Å². The smallest absolute Gasteiger partial charge is 0.251 e. The van der Waals surface area contributed by atoms with E-state index in [0.29, 0.717) is 11.9 Å². The van der Waals surface area contributed by atoms with Crippen molar-refractivity contribution in [2.75, 3.05) is 4.90 Å². The Kier molecular flexibility index (Phi) is 4.14. The molecule has 2 aliphatic rings. The summed E-state index contributed by atoms with van der Waals surface area (Å²) in [7, 11) is 0. The first-order chi connectivity index (χ1) is 11.2. The number of rotatable bonds is 4. The van der Waals surface area contributed by atoms with Crippen molar-refractivity contribution in [3.05, 3.63) is 33.8 Å². The van der Waals surface area contributed by atoms with E-state index in [9.17, 15) is 0 Å². The van der Waals surface area contributed by atoms with Crippen molar-refractivity contribution in [1.29, 1.82) is 0 Å². The molecule has 0 spiro atoms. The summed E-state index contributed by atoms with van der Waals surface area (Å²) in [5.41, 5.74) is 7.12. The van der Waals surface area contributed by atoms with Crippen molar-refractivity contribution in [3.63, 3.8) is 0 Å². The molecule has 2 N–H and O–H groups in total. The van der Waals surface area contributed by atoms with E-state index in [2.05, 4.69) is 53.7 Å². The lowest BCUT2D eigenvalue weighted by molar-refractivity contribution is 0.629. The molecule has 0 amide bonds. The van der Waals surface area contributed by atoms with Crippen LogP contribution in [0.4, 0.5) is 11.8 Å². The zero-order valence-corrected chi connectivity index (χ0v) is 14.9. The Morgan fingerprint density at radius 1 is 1.04 bits per heavy atom. The average Bonchev–Trinajstić information content (AvgIpc) is 3.33. The number of aromatic nitrogens is 4. The second-order valence-electron chi connectivity index (χ2n) is 6.39. The largest absolute Gasteiger partial charge is 0.328 e. The molecule has 2 aliphatic carbocycles. The highest BCUT2D eigenvalue weighted by atomic mass is 127. The molecule has 0 radical (unpaired) electrons. The number of hydrogen-bond donors (Lipinski definition) is 1. The third-order valence-corrected chi connectivity index (χ3v) is 5.19. The van der Waals surface area contributed by atoms with Crippen LogP contribution < -0.4 is 10.6 Å². The van der Waals surface area contributed by atoms with Gasteiger partial charge in [0.15, 0.2) is 0 Å². The molecular weight excluding hydrogens is 403 g/mol. The Bertz CT molecular complexity index is 670. The van der Waals surface area contributed by atoms with Crippen LogP contribution in [0.1, 0.15) is 43.7 Å². The summed E-state index contributed by atoms with van der Waals surface area (Å²) in [6.07, 6.45) is 9.13. The van der Waals surface area contributed by atoms with Gasteiger partial charge in [0.1, 0.15) is 5.82 Å². The van der Waals surface area contributed by atoms with Crippen molar-refractivity contribution in [3.8, 4) is 0 Å². The molecule has 2 aromatic rings. The van der Waals surface area contributed by atoms with Crippen LogP contribution >= 0.6 is 22.6 Å². The fourth-order valence-electron chi connectivity index (χ4n) is 3.14. The van der Waals surface area contributed by atoms with Gasteiger partial charge in [-0.3, -0.25) is 4.90 Å². The first-order valence-electron chi connectivity index (χ1n) is 8.06. The minimum absolute atomic E-state index is 0.241. The summed E-state index contributed by atoms with van der Waals surface area (Å²) in [5.74, 6) is 2.06. The first kappa shape index (κ1) is 15.2. The second-order valence-corrected chi connectivity index (χ2v) is 7.63. The molecule has 2 aromatic heterocycles. The zero-order chi connectivity index (χ0) is 15.8. The predicted molar refractivity (Wildman–Crippen MR) is 96.5 cm³/mol. The lowest BCUT2D eigenvalue weighted by Gasteiger charge is -2.27. The summed E-state index contributed by atoms with van der Waals surface area (Å²) in [4.78, 5) is 11.2. The van der Waals surface area contributed by atoms with Crippen LogP contribution in [-0.4, -0.2) is 32.2 Å². The van der Waals surface area contributed by atoms with Gasteiger partial charge in [0.05, 0.1) is 11.9 Å². The van der Waals surface area contributed by atoms with Crippen LogP contribution in [0.15, 0.2) is 24.5 Å². The Morgan fingerprint density at radius 3 is 2.48 bits per heavy atom. The summed E-state index contributed by atoms with van der Waals surface area (Å²) < 4.78 is 1.11. The predicted octanol–water partition coefficient (Wildman–Crippen LogP) is 2.77. The lowest BCUT2D eigenvalue weighted by atomic mass is 10.2. The van der Waals surface area contributed by atoms with Crippen LogP contribution in [0.2, 0.25) is 0 Å². The van der Waals surface area contributed by atoms with Crippen molar-refractivity contribution in [2.24, 2.45) is 5.73 Å². The van der Waals surface area contributed by atoms with Crippen molar-refractivity contribution in [2.45, 2.75) is 50.1 Å². The minimum atomic E-state index is 0.241. The number of halogens is 1. The molecule has 0 aliphatic heterocycles. The third-order valence-electron chi connectivity index (χ3n) is 4.55. The van der Waals surface area contributed by atoms with E-state index in [1.165, 1.54) is 12.8 Å². The molecule has 6 nitrogen and oxygen atoms in total. The van der Waals surface area contributed by atoms with Gasteiger partial charge in [-0.2, -0.15) is 0 Å². The maximum atomic E-state index is 6.11. The van der Waals surface area contributed by atoms with Gasteiger partial charge >= 0.3 is 0 Å². The van der Waals surface area contributed by atoms with Gasteiger partial charge in [-0.1, -0.05) is 0 Å². The molecule has 120 valence electrons. The van der Waals surface area contributed by atoms with Crippen LogP contribution in [0.5, 0.6) is 0 Å². The Morgan fingerprint density at radius 2 is 1.91 bits per heavy atom. The van der Waals surface area contributed by atoms with Crippen LogP contribution in [0, 0.1) is 3.57 Å². The molecule has 23 heavy (non-hydrogen) atoms. The van der Waals surface area contributed by atoms with Crippen molar-refractivity contribution < 1.29 is 0 Å². The molecule has 0 saturated heterocycles. The highest BCUT2D eigenvalue weighted by Crippen LogP contribution is 2.39. The molecule has 0 unspecified atom stereocenters. The van der Waals surface area contributed by atoms with Gasteiger partial charge in [0, 0.05) is 27.8 Å². The Hall–Kier alpha value is -1.35. The van der Waals surface area contributed by atoms with Crippen LogP contribution in [0.3, 0.4) is 0 Å². The summed E-state index contributed by atoms with van der Waals surface area (Å²) in [6, 6.07) is 4.59. The molecule has 2 saturated carbocycles. The lowest BCUT2D eigenvalue weighted by Crippen LogP contribution is -2.32. The Balaban J connectivity index is 1.67. The topological polar surface area (TPSA) is 80.8 Å². The number of nitrogens with two attached hydrogens (primary N) is 1. The van der Waals surface area contributed by atoms with E-state index in [1.807, 2.05) is 18.5 Å². The monoisotopic (exact) mass is 422 g/mol. The van der Waals surface area contributed by atoms with Crippen LogP contribution in [0.25, 0.3) is 0 Å². The number of hydrogen-bond acceptors (Lipinski definition) is 6. The van der Waals surface area contributed by atoms with Crippen molar-refractivity contribution >= 4 is 34.4 Å². The van der Waals surface area contributed by atoms with Gasteiger partial charge in [-0.05, 0) is 66.8 Å². The molecule has 4 rings (SSSR count). The van der Waals surface area contributed by atoms with E-state index in [0.717, 1.165) is 34.3 Å². The fourth-order valence-corrected chi connectivity index (χ4v) is 3.46. The third kappa shape index (κ3) is 3.30. The molecule has 0 aromatic carbocycles. The molecule has 2 heterocycles. The van der Waals surface area contributed by atoms with Gasteiger partial charge in [-0.15, -0.1) is 10.2 Å². The van der Waals surface area contributed by atoms with E-state index in [4.69, 9.17) is 5.73 Å². The summed E-state index contributed by atoms with van der Waals surface area (Å²) >= 11 is 2.26. The highest BCUT2D eigenvalue weighted by Gasteiger charge is 2.32. The molecule has 7 heteroatoms. The zero-order valence-electron chi connectivity index (χ0n) is 12.8. The highest BCUT2D eigenvalue weighted by molar-refractivity contribution is 14.1.